The Kier molecular flexibility index (Phi) is 4.85. The Bertz CT molecular complexity index is 313. The molecule has 2 rings (SSSR count). The van der Waals surface area contributed by atoms with Crippen molar-refractivity contribution in [3.63, 3.8) is 0 Å². The number of rotatable bonds is 10. The van der Waals surface area contributed by atoms with E-state index in [1.54, 1.807) is 0 Å². The monoisotopic (exact) mass is 268 g/mol. The van der Waals surface area contributed by atoms with E-state index in [0.29, 0.717) is 12.5 Å². The van der Waals surface area contributed by atoms with E-state index in [0.717, 1.165) is 44.8 Å². The van der Waals surface area contributed by atoms with E-state index in [-0.39, 0.29) is 0 Å². The third-order valence-electron chi connectivity index (χ3n) is 4.59. The molecule has 0 aromatic carbocycles. The fraction of sp³-hybridized carbons (Fsp3) is 0.933. The van der Waals surface area contributed by atoms with Crippen LogP contribution in [0.5, 0.6) is 0 Å². The molecule has 2 N–H and O–H groups in total. The lowest BCUT2D eigenvalue weighted by Gasteiger charge is -2.31. The van der Waals surface area contributed by atoms with Gasteiger partial charge in [-0.25, -0.2) is 0 Å². The van der Waals surface area contributed by atoms with E-state index in [1.165, 1.54) is 12.8 Å². The molecular weight excluding hydrogens is 240 g/mol. The van der Waals surface area contributed by atoms with Crippen molar-refractivity contribution >= 4 is 5.97 Å². The maximum Gasteiger partial charge on any atom is 0.323 e. The third-order valence-corrected chi connectivity index (χ3v) is 4.59. The molecule has 0 radical (unpaired) electrons. The highest BCUT2D eigenvalue weighted by Gasteiger charge is 2.40. The molecule has 0 heterocycles. The molecule has 2 aliphatic carbocycles. The van der Waals surface area contributed by atoms with Crippen molar-refractivity contribution in [3.05, 3.63) is 0 Å². The number of hydrogen-bond donors (Lipinski definition) is 2. The third kappa shape index (κ3) is 3.93. The van der Waals surface area contributed by atoms with E-state index in [4.69, 9.17) is 0 Å². The van der Waals surface area contributed by atoms with Crippen molar-refractivity contribution in [2.45, 2.75) is 76.4 Å². The van der Waals surface area contributed by atoms with Crippen LogP contribution in [0.4, 0.5) is 0 Å². The van der Waals surface area contributed by atoms with Crippen molar-refractivity contribution in [2.24, 2.45) is 0 Å². The first-order valence-corrected chi connectivity index (χ1v) is 7.86. The standard InChI is InChI=1S/C15H28N2O2/c1-3-15(14(18)19,16-12-6-7-12)10-5-11-17(4-2)13-8-9-13/h12-13,16H,3-11H2,1-2H3,(H,18,19). The van der Waals surface area contributed by atoms with Crippen LogP contribution in [-0.4, -0.2) is 46.7 Å². The van der Waals surface area contributed by atoms with Crippen LogP contribution >= 0.6 is 0 Å². The van der Waals surface area contributed by atoms with Gasteiger partial charge in [0.15, 0.2) is 0 Å². The van der Waals surface area contributed by atoms with E-state index in [2.05, 4.69) is 17.1 Å². The number of nitrogens with zero attached hydrogens (tertiary/aromatic N) is 1. The Morgan fingerprint density at radius 1 is 1.32 bits per heavy atom. The van der Waals surface area contributed by atoms with E-state index in [9.17, 15) is 9.90 Å². The summed E-state index contributed by atoms with van der Waals surface area (Å²) in [7, 11) is 0. The van der Waals surface area contributed by atoms with Crippen molar-refractivity contribution in [2.75, 3.05) is 13.1 Å². The van der Waals surface area contributed by atoms with Gasteiger partial charge in [-0.2, -0.15) is 0 Å². The van der Waals surface area contributed by atoms with E-state index >= 15 is 0 Å². The molecule has 0 amide bonds. The van der Waals surface area contributed by atoms with E-state index < -0.39 is 11.5 Å². The van der Waals surface area contributed by atoms with Crippen LogP contribution in [0, 0.1) is 0 Å². The van der Waals surface area contributed by atoms with Crippen molar-refractivity contribution in [1.82, 2.24) is 10.2 Å². The first-order valence-electron chi connectivity index (χ1n) is 7.86. The van der Waals surface area contributed by atoms with Crippen LogP contribution in [0.15, 0.2) is 0 Å². The van der Waals surface area contributed by atoms with Crippen molar-refractivity contribution in [1.29, 1.82) is 0 Å². The van der Waals surface area contributed by atoms with Gasteiger partial charge < -0.3 is 10.0 Å². The lowest BCUT2D eigenvalue weighted by Crippen LogP contribution is -2.53. The molecule has 2 aliphatic rings. The summed E-state index contributed by atoms with van der Waals surface area (Å²) >= 11 is 0. The highest BCUT2D eigenvalue weighted by Crippen LogP contribution is 2.29. The predicted molar refractivity (Wildman–Crippen MR) is 76.3 cm³/mol. The molecule has 1 unspecified atom stereocenters. The van der Waals surface area contributed by atoms with Crippen LogP contribution in [0.25, 0.3) is 0 Å². The molecular formula is C15H28N2O2. The molecule has 110 valence electrons. The number of nitrogens with one attached hydrogen (secondary N) is 1. The Hall–Kier alpha value is -0.610. The SMILES string of the molecule is CCN(CCCC(CC)(NC1CC1)C(=O)O)C1CC1. The number of carboxylic acid groups (broad SMARTS) is 1. The van der Waals surface area contributed by atoms with Crippen LogP contribution in [0.3, 0.4) is 0 Å². The fourth-order valence-corrected chi connectivity index (χ4v) is 2.91. The van der Waals surface area contributed by atoms with Crippen LogP contribution in [-0.2, 0) is 4.79 Å². The van der Waals surface area contributed by atoms with Gasteiger partial charge in [0.05, 0.1) is 0 Å². The second kappa shape index (κ2) is 6.23. The topological polar surface area (TPSA) is 52.6 Å². The molecule has 2 fully saturated rings. The summed E-state index contributed by atoms with van der Waals surface area (Å²) in [6.45, 7) is 6.32. The molecule has 0 saturated heterocycles. The number of aliphatic carboxylic acids is 1. The Labute approximate surface area is 116 Å². The van der Waals surface area contributed by atoms with Crippen LogP contribution in [0.2, 0.25) is 0 Å². The average Bonchev–Trinajstić information content (AvgIpc) is 3.26. The van der Waals surface area contributed by atoms with Gasteiger partial charge in [0.1, 0.15) is 5.54 Å². The molecule has 0 aromatic rings. The summed E-state index contributed by atoms with van der Waals surface area (Å²) in [6.07, 6.45) is 7.32. The minimum absolute atomic E-state index is 0.446. The van der Waals surface area contributed by atoms with Gasteiger partial charge in [0, 0.05) is 12.1 Å². The fourth-order valence-electron chi connectivity index (χ4n) is 2.91. The molecule has 19 heavy (non-hydrogen) atoms. The second-order valence-electron chi connectivity index (χ2n) is 6.12. The molecule has 0 spiro atoms. The highest BCUT2D eigenvalue weighted by atomic mass is 16.4. The van der Waals surface area contributed by atoms with Crippen LogP contribution < -0.4 is 5.32 Å². The zero-order valence-corrected chi connectivity index (χ0v) is 12.3. The van der Waals surface area contributed by atoms with Gasteiger partial charge in [-0.3, -0.25) is 10.1 Å². The molecule has 0 aliphatic heterocycles. The first-order chi connectivity index (χ1) is 9.11. The molecule has 1 atom stereocenters. The summed E-state index contributed by atoms with van der Waals surface area (Å²) in [5, 5.41) is 12.9. The van der Waals surface area contributed by atoms with Gasteiger partial charge in [-0.1, -0.05) is 13.8 Å². The van der Waals surface area contributed by atoms with E-state index in [1.807, 2.05) is 6.92 Å². The average molecular weight is 268 g/mol. The molecule has 2 saturated carbocycles. The minimum atomic E-state index is -0.690. The normalized spacial score (nSPS) is 22.5. The number of carbonyl (C=O) groups is 1. The minimum Gasteiger partial charge on any atom is -0.480 e. The molecule has 4 nitrogen and oxygen atoms in total. The Morgan fingerprint density at radius 2 is 2.00 bits per heavy atom. The smallest absolute Gasteiger partial charge is 0.323 e. The summed E-state index contributed by atoms with van der Waals surface area (Å²) in [5.74, 6) is -0.670. The van der Waals surface area contributed by atoms with Gasteiger partial charge >= 0.3 is 5.97 Å². The van der Waals surface area contributed by atoms with Crippen molar-refractivity contribution in [3.8, 4) is 0 Å². The lowest BCUT2D eigenvalue weighted by molar-refractivity contribution is -0.145. The van der Waals surface area contributed by atoms with Gasteiger partial charge in [0.25, 0.3) is 0 Å². The zero-order chi connectivity index (χ0) is 13.9. The van der Waals surface area contributed by atoms with Gasteiger partial charge in [-0.05, 0) is 58.0 Å². The second-order valence-corrected chi connectivity index (χ2v) is 6.12. The number of hydrogen-bond acceptors (Lipinski definition) is 3. The Balaban J connectivity index is 1.82. The maximum absolute atomic E-state index is 11.6. The molecule has 0 bridgehead atoms. The maximum atomic E-state index is 11.6. The number of carboxylic acids is 1. The van der Waals surface area contributed by atoms with Gasteiger partial charge in [-0.15, -0.1) is 0 Å². The summed E-state index contributed by atoms with van der Waals surface area (Å²) in [6, 6.07) is 1.23. The summed E-state index contributed by atoms with van der Waals surface area (Å²) in [4.78, 5) is 14.1. The van der Waals surface area contributed by atoms with Crippen molar-refractivity contribution < 1.29 is 9.90 Å². The summed E-state index contributed by atoms with van der Waals surface area (Å²) < 4.78 is 0. The predicted octanol–water partition coefficient (Wildman–Crippen LogP) is 2.24. The first kappa shape index (κ1) is 14.8. The highest BCUT2D eigenvalue weighted by molar-refractivity contribution is 5.78. The quantitative estimate of drug-likeness (QED) is 0.638. The lowest BCUT2D eigenvalue weighted by atomic mass is 9.90. The summed E-state index contributed by atoms with van der Waals surface area (Å²) in [5.41, 5.74) is -0.690. The molecule has 0 aromatic heterocycles. The zero-order valence-electron chi connectivity index (χ0n) is 12.3. The molecule has 4 heteroatoms. The van der Waals surface area contributed by atoms with Gasteiger partial charge in [0.2, 0.25) is 0 Å². The largest absolute Gasteiger partial charge is 0.480 e. The van der Waals surface area contributed by atoms with Crippen LogP contribution in [0.1, 0.15) is 58.8 Å². The Morgan fingerprint density at radius 3 is 2.42 bits per heavy atom.